The minimum atomic E-state index is -0.710. The fraction of sp³-hybridized carbons (Fsp3) is 0.111. The molecule has 0 aliphatic carbocycles. The molecule has 0 fully saturated rings. The normalized spacial score (nSPS) is 10.7. The standard InChI is InChI=1S/C18H15FN2O2/c1-11-4-2-3-5-12(11)9-21-18(23)17(22)15-10-20-16-7-6-13(19)8-14(15)16/h2-8,10,20H,9H2,1H3,(H,21,23). The van der Waals surface area contributed by atoms with Crippen LogP contribution in [0.1, 0.15) is 21.5 Å². The van der Waals surface area contributed by atoms with E-state index in [0.717, 1.165) is 11.1 Å². The number of carbonyl (C=O) groups is 2. The van der Waals surface area contributed by atoms with Crippen LogP contribution in [0, 0.1) is 12.7 Å². The van der Waals surface area contributed by atoms with Gasteiger partial charge in [-0.25, -0.2) is 4.39 Å². The van der Waals surface area contributed by atoms with Crippen LogP contribution in [0.25, 0.3) is 10.9 Å². The molecule has 0 bridgehead atoms. The Balaban J connectivity index is 1.78. The van der Waals surface area contributed by atoms with Gasteiger partial charge in [0.05, 0.1) is 5.56 Å². The molecule has 0 saturated heterocycles. The van der Waals surface area contributed by atoms with Crippen LogP contribution < -0.4 is 5.32 Å². The van der Waals surface area contributed by atoms with Crippen molar-refractivity contribution in [2.24, 2.45) is 0 Å². The summed E-state index contributed by atoms with van der Waals surface area (Å²) in [6, 6.07) is 11.7. The van der Waals surface area contributed by atoms with Gasteiger partial charge in [-0.2, -0.15) is 0 Å². The first-order valence-corrected chi connectivity index (χ1v) is 7.20. The second kappa shape index (κ2) is 6.04. The number of carbonyl (C=O) groups excluding carboxylic acids is 2. The van der Waals surface area contributed by atoms with E-state index in [1.165, 1.54) is 24.4 Å². The lowest BCUT2D eigenvalue weighted by Gasteiger charge is -2.07. The molecule has 1 amide bonds. The summed E-state index contributed by atoms with van der Waals surface area (Å²) in [5.41, 5.74) is 2.76. The lowest BCUT2D eigenvalue weighted by atomic mass is 10.1. The van der Waals surface area contributed by atoms with E-state index >= 15 is 0 Å². The van der Waals surface area contributed by atoms with Crippen molar-refractivity contribution in [3.05, 3.63) is 71.2 Å². The van der Waals surface area contributed by atoms with Crippen molar-refractivity contribution in [3.8, 4) is 0 Å². The largest absolute Gasteiger partial charge is 0.360 e. The zero-order valence-corrected chi connectivity index (χ0v) is 12.5. The Hall–Kier alpha value is -2.95. The first-order chi connectivity index (χ1) is 11.1. The Morgan fingerprint density at radius 2 is 1.96 bits per heavy atom. The number of rotatable bonds is 4. The second-order valence-corrected chi connectivity index (χ2v) is 5.33. The first-order valence-electron chi connectivity index (χ1n) is 7.20. The Morgan fingerprint density at radius 1 is 1.17 bits per heavy atom. The van der Waals surface area contributed by atoms with Crippen LogP contribution in [0.2, 0.25) is 0 Å². The van der Waals surface area contributed by atoms with Crippen LogP contribution in [-0.2, 0) is 11.3 Å². The highest BCUT2D eigenvalue weighted by molar-refractivity contribution is 6.44. The third-order valence-corrected chi connectivity index (χ3v) is 3.80. The van der Waals surface area contributed by atoms with E-state index in [4.69, 9.17) is 0 Å². The van der Waals surface area contributed by atoms with Gasteiger partial charge in [0.2, 0.25) is 0 Å². The van der Waals surface area contributed by atoms with Crippen molar-refractivity contribution in [3.63, 3.8) is 0 Å². The van der Waals surface area contributed by atoms with Gasteiger partial charge in [0.1, 0.15) is 5.82 Å². The number of hydrogen-bond donors (Lipinski definition) is 2. The molecule has 2 N–H and O–H groups in total. The third-order valence-electron chi connectivity index (χ3n) is 3.80. The van der Waals surface area contributed by atoms with Gasteiger partial charge in [-0.05, 0) is 36.2 Å². The number of aromatic amines is 1. The maximum Gasteiger partial charge on any atom is 0.292 e. The molecule has 5 heteroatoms. The zero-order chi connectivity index (χ0) is 16.4. The van der Waals surface area contributed by atoms with Crippen LogP contribution in [0.5, 0.6) is 0 Å². The summed E-state index contributed by atoms with van der Waals surface area (Å²) in [4.78, 5) is 27.2. The maximum atomic E-state index is 13.3. The predicted molar refractivity (Wildman–Crippen MR) is 85.6 cm³/mol. The molecule has 116 valence electrons. The van der Waals surface area contributed by atoms with Gasteiger partial charge in [-0.3, -0.25) is 9.59 Å². The maximum absolute atomic E-state index is 13.3. The summed E-state index contributed by atoms with van der Waals surface area (Å²) in [6.07, 6.45) is 1.43. The molecule has 0 unspecified atom stereocenters. The highest BCUT2D eigenvalue weighted by Crippen LogP contribution is 2.20. The fourth-order valence-electron chi connectivity index (χ4n) is 2.47. The molecule has 0 aliphatic rings. The Morgan fingerprint density at radius 3 is 2.74 bits per heavy atom. The number of fused-ring (bicyclic) bond motifs is 1. The van der Waals surface area contributed by atoms with Gasteiger partial charge >= 0.3 is 0 Å². The van der Waals surface area contributed by atoms with Crippen LogP contribution in [0.3, 0.4) is 0 Å². The third kappa shape index (κ3) is 2.99. The lowest BCUT2D eigenvalue weighted by Crippen LogP contribution is -2.30. The molecular weight excluding hydrogens is 295 g/mol. The average molecular weight is 310 g/mol. The predicted octanol–water partition coefficient (Wildman–Crippen LogP) is 3.11. The molecule has 23 heavy (non-hydrogen) atoms. The minimum Gasteiger partial charge on any atom is -0.360 e. The highest BCUT2D eigenvalue weighted by atomic mass is 19.1. The quantitative estimate of drug-likeness (QED) is 0.574. The van der Waals surface area contributed by atoms with Crippen molar-refractivity contribution in [1.29, 1.82) is 0 Å². The second-order valence-electron chi connectivity index (χ2n) is 5.33. The van der Waals surface area contributed by atoms with E-state index in [0.29, 0.717) is 10.9 Å². The van der Waals surface area contributed by atoms with Gasteiger partial charge in [-0.15, -0.1) is 0 Å². The van der Waals surface area contributed by atoms with E-state index in [9.17, 15) is 14.0 Å². The molecule has 4 nitrogen and oxygen atoms in total. The van der Waals surface area contributed by atoms with Gasteiger partial charge < -0.3 is 10.3 Å². The number of nitrogens with one attached hydrogen (secondary N) is 2. The summed E-state index contributed by atoms with van der Waals surface area (Å²) in [6.45, 7) is 2.21. The summed E-state index contributed by atoms with van der Waals surface area (Å²) in [5, 5.41) is 3.01. The van der Waals surface area contributed by atoms with Crippen molar-refractivity contribution in [2.45, 2.75) is 13.5 Å². The highest BCUT2D eigenvalue weighted by Gasteiger charge is 2.20. The number of Topliss-reactive ketones (excluding diaryl/α,β-unsaturated/α-hetero) is 1. The summed E-state index contributed by atoms with van der Waals surface area (Å²) >= 11 is 0. The number of H-pyrrole nitrogens is 1. The fourth-order valence-corrected chi connectivity index (χ4v) is 2.47. The van der Waals surface area contributed by atoms with E-state index in [1.54, 1.807) is 0 Å². The molecule has 0 saturated carbocycles. The number of benzene rings is 2. The first kappa shape index (κ1) is 15.0. The summed E-state index contributed by atoms with van der Waals surface area (Å²) < 4.78 is 13.3. The monoisotopic (exact) mass is 310 g/mol. The van der Waals surface area contributed by atoms with Crippen molar-refractivity contribution < 1.29 is 14.0 Å². The minimum absolute atomic E-state index is 0.168. The van der Waals surface area contributed by atoms with E-state index in [1.807, 2.05) is 31.2 Å². The van der Waals surface area contributed by atoms with Crippen LogP contribution in [-0.4, -0.2) is 16.7 Å². The van der Waals surface area contributed by atoms with Crippen molar-refractivity contribution in [1.82, 2.24) is 10.3 Å². The molecular formula is C18H15FN2O2. The van der Waals surface area contributed by atoms with Crippen molar-refractivity contribution in [2.75, 3.05) is 0 Å². The molecule has 0 atom stereocenters. The molecule has 1 aromatic heterocycles. The molecule has 3 aromatic rings. The Kier molecular flexibility index (Phi) is 3.93. The topological polar surface area (TPSA) is 62.0 Å². The van der Waals surface area contributed by atoms with E-state index in [2.05, 4.69) is 10.3 Å². The Labute approximate surface area is 132 Å². The molecule has 3 rings (SSSR count). The SMILES string of the molecule is Cc1ccccc1CNC(=O)C(=O)c1c[nH]c2ccc(F)cc12. The summed E-state index contributed by atoms with van der Waals surface area (Å²) in [5.74, 6) is -1.85. The number of ketones is 1. The number of halogens is 1. The van der Waals surface area contributed by atoms with Gasteiger partial charge in [0, 0.05) is 23.6 Å². The van der Waals surface area contributed by atoms with Crippen LogP contribution in [0.4, 0.5) is 4.39 Å². The van der Waals surface area contributed by atoms with Gasteiger partial charge in [0.25, 0.3) is 11.7 Å². The lowest BCUT2D eigenvalue weighted by molar-refractivity contribution is -0.117. The van der Waals surface area contributed by atoms with Crippen molar-refractivity contribution >= 4 is 22.6 Å². The van der Waals surface area contributed by atoms with E-state index in [-0.39, 0.29) is 12.1 Å². The number of aromatic nitrogens is 1. The molecule has 0 spiro atoms. The van der Waals surface area contributed by atoms with Crippen LogP contribution in [0.15, 0.2) is 48.7 Å². The zero-order valence-electron chi connectivity index (χ0n) is 12.5. The number of aryl methyl sites for hydroxylation is 1. The summed E-state index contributed by atoms with van der Waals surface area (Å²) in [7, 11) is 0. The van der Waals surface area contributed by atoms with Gasteiger partial charge in [0.15, 0.2) is 0 Å². The average Bonchev–Trinajstić information content (AvgIpc) is 2.96. The molecule has 2 aromatic carbocycles. The van der Waals surface area contributed by atoms with Gasteiger partial charge in [-0.1, -0.05) is 24.3 Å². The molecule has 0 aliphatic heterocycles. The smallest absolute Gasteiger partial charge is 0.292 e. The number of hydrogen-bond acceptors (Lipinski definition) is 2. The number of amides is 1. The van der Waals surface area contributed by atoms with E-state index < -0.39 is 17.5 Å². The molecule has 0 radical (unpaired) electrons. The Bertz CT molecular complexity index is 899. The van der Waals surface area contributed by atoms with Crippen LogP contribution >= 0.6 is 0 Å². The molecule has 1 heterocycles.